The van der Waals surface area contributed by atoms with Gasteiger partial charge in [-0.1, -0.05) is 48.2 Å². The smallest absolute Gasteiger partial charge is 0.270 e. The van der Waals surface area contributed by atoms with Gasteiger partial charge >= 0.3 is 0 Å². The molecule has 1 saturated heterocycles. The topological polar surface area (TPSA) is 53.4 Å². The molecule has 1 aromatic heterocycles. The molecule has 0 saturated carbocycles. The second kappa shape index (κ2) is 6.31. The summed E-state index contributed by atoms with van der Waals surface area (Å²) in [6.45, 7) is 0. The first-order valence-corrected chi connectivity index (χ1v) is 8.77. The molecule has 0 spiro atoms. The number of phenols is 1. The maximum absolute atomic E-state index is 12.8. The lowest BCUT2D eigenvalue weighted by Gasteiger charge is -2.14. The minimum absolute atomic E-state index is 0.0932. The number of para-hydroxylation sites is 1. The van der Waals surface area contributed by atoms with Crippen molar-refractivity contribution >= 4 is 56.9 Å². The Morgan fingerprint density at radius 3 is 2.80 bits per heavy atom. The Morgan fingerprint density at radius 2 is 1.96 bits per heavy atom. The van der Waals surface area contributed by atoms with Gasteiger partial charge in [0.25, 0.3) is 5.91 Å². The highest BCUT2D eigenvalue weighted by Crippen LogP contribution is 2.37. The quantitative estimate of drug-likeness (QED) is 0.541. The van der Waals surface area contributed by atoms with Gasteiger partial charge in [-0.25, -0.2) is 0 Å². The summed E-state index contributed by atoms with van der Waals surface area (Å²) in [6.07, 6.45) is 3.57. The number of thioether (sulfide) groups is 1. The van der Waals surface area contributed by atoms with E-state index in [1.807, 2.05) is 36.4 Å². The molecule has 6 heteroatoms. The van der Waals surface area contributed by atoms with Crippen LogP contribution in [0.5, 0.6) is 5.75 Å². The van der Waals surface area contributed by atoms with E-state index in [9.17, 15) is 9.90 Å². The summed E-state index contributed by atoms with van der Waals surface area (Å²) in [6, 6.07) is 16.2. The molecule has 4 nitrogen and oxygen atoms in total. The summed E-state index contributed by atoms with van der Waals surface area (Å²) in [7, 11) is 0. The minimum Gasteiger partial charge on any atom is -0.508 e. The molecule has 3 aromatic rings. The summed E-state index contributed by atoms with van der Waals surface area (Å²) >= 11 is 6.62. The van der Waals surface area contributed by atoms with Crippen LogP contribution in [0.3, 0.4) is 0 Å². The Hall–Kier alpha value is -2.70. The molecule has 1 fully saturated rings. The van der Waals surface area contributed by atoms with Crippen molar-refractivity contribution < 1.29 is 9.90 Å². The van der Waals surface area contributed by atoms with Crippen LogP contribution in [0.15, 0.2) is 65.7 Å². The van der Waals surface area contributed by atoms with E-state index in [4.69, 9.17) is 12.2 Å². The fraction of sp³-hybridized carbons (Fsp3) is 0. The van der Waals surface area contributed by atoms with Crippen LogP contribution in [0.25, 0.3) is 17.0 Å². The number of thiocarbonyl (C=S) groups is 1. The van der Waals surface area contributed by atoms with Gasteiger partial charge in [0, 0.05) is 17.6 Å². The number of benzene rings is 2. The van der Waals surface area contributed by atoms with E-state index >= 15 is 0 Å². The number of hydrogen-bond donors (Lipinski definition) is 1. The number of amides is 1. The first kappa shape index (κ1) is 15.8. The lowest BCUT2D eigenvalue weighted by Crippen LogP contribution is -2.27. The average Bonchev–Trinajstić information content (AvgIpc) is 2.89. The highest BCUT2D eigenvalue weighted by molar-refractivity contribution is 8.27. The third kappa shape index (κ3) is 2.90. The number of aromatic nitrogens is 1. The summed E-state index contributed by atoms with van der Waals surface area (Å²) in [5.41, 5.74) is 2.35. The summed E-state index contributed by atoms with van der Waals surface area (Å²) < 4.78 is 0.445. The van der Waals surface area contributed by atoms with Crippen LogP contribution < -0.4 is 4.90 Å². The van der Waals surface area contributed by atoms with Gasteiger partial charge in [0.05, 0.1) is 16.1 Å². The number of hydrogen-bond acceptors (Lipinski definition) is 5. The fourth-order valence-corrected chi connectivity index (χ4v) is 4.00. The van der Waals surface area contributed by atoms with Gasteiger partial charge < -0.3 is 5.11 Å². The molecule has 1 aliphatic heterocycles. The molecular weight excluding hydrogens is 352 g/mol. The molecule has 122 valence electrons. The maximum atomic E-state index is 12.8. The van der Waals surface area contributed by atoms with E-state index in [1.165, 1.54) is 22.7 Å². The van der Waals surface area contributed by atoms with Crippen LogP contribution >= 0.6 is 24.0 Å². The van der Waals surface area contributed by atoms with Crippen molar-refractivity contribution in [2.45, 2.75) is 0 Å². The summed E-state index contributed by atoms with van der Waals surface area (Å²) in [4.78, 5) is 19.1. The van der Waals surface area contributed by atoms with Crippen LogP contribution in [0, 0.1) is 0 Å². The molecule has 0 aliphatic carbocycles. The number of pyridine rings is 1. The first-order chi connectivity index (χ1) is 12.1. The lowest BCUT2D eigenvalue weighted by atomic mass is 10.1. The van der Waals surface area contributed by atoms with Crippen LogP contribution in [0.2, 0.25) is 0 Å². The van der Waals surface area contributed by atoms with E-state index in [-0.39, 0.29) is 11.7 Å². The lowest BCUT2D eigenvalue weighted by molar-refractivity contribution is -0.113. The molecule has 2 aromatic carbocycles. The van der Waals surface area contributed by atoms with Crippen LogP contribution in [0.4, 0.5) is 5.69 Å². The number of nitrogens with zero attached hydrogens (tertiary/aromatic N) is 2. The van der Waals surface area contributed by atoms with Gasteiger partial charge in [-0.3, -0.25) is 14.7 Å². The van der Waals surface area contributed by atoms with Crippen molar-refractivity contribution in [3.05, 3.63) is 71.3 Å². The maximum Gasteiger partial charge on any atom is 0.270 e. The van der Waals surface area contributed by atoms with Crippen LogP contribution in [-0.4, -0.2) is 20.3 Å². The predicted octanol–water partition coefficient (Wildman–Crippen LogP) is 4.35. The molecule has 4 rings (SSSR count). The minimum atomic E-state index is -0.193. The van der Waals surface area contributed by atoms with Gasteiger partial charge in [0.2, 0.25) is 0 Å². The highest BCUT2D eigenvalue weighted by atomic mass is 32.2. The molecule has 1 N–H and O–H groups in total. The average molecular weight is 364 g/mol. The zero-order valence-electron chi connectivity index (χ0n) is 12.9. The Morgan fingerprint density at radius 1 is 1.12 bits per heavy atom. The van der Waals surface area contributed by atoms with Crippen molar-refractivity contribution in [1.29, 1.82) is 0 Å². The summed E-state index contributed by atoms with van der Waals surface area (Å²) in [5.74, 6) is -0.0999. The van der Waals surface area contributed by atoms with Crippen molar-refractivity contribution in [1.82, 2.24) is 4.98 Å². The van der Waals surface area contributed by atoms with E-state index in [0.717, 1.165) is 16.5 Å². The van der Waals surface area contributed by atoms with Gasteiger partial charge in [-0.05, 0) is 35.9 Å². The molecular formula is C19H12N2O2S2. The predicted molar refractivity (Wildman–Crippen MR) is 106 cm³/mol. The first-order valence-electron chi connectivity index (χ1n) is 7.54. The van der Waals surface area contributed by atoms with Gasteiger partial charge in [-0.15, -0.1) is 0 Å². The van der Waals surface area contributed by atoms with Gasteiger partial charge in [-0.2, -0.15) is 0 Å². The number of phenolic OH excluding ortho intramolecular Hbond substituents is 1. The van der Waals surface area contributed by atoms with Crippen molar-refractivity contribution in [3.8, 4) is 5.75 Å². The Kier molecular flexibility index (Phi) is 3.99. The third-order valence-corrected chi connectivity index (χ3v) is 5.15. The number of carbonyl (C=O) groups excluding carboxylic acids is 1. The van der Waals surface area contributed by atoms with Gasteiger partial charge in [0.15, 0.2) is 4.32 Å². The zero-order valence-corrected chi connectivity index (χ0v) is 14.6. The molecule has 2 heterocycles. The Labute approximate surface area is 153 Å². The molecule has 0 atom stereocenters. The van der Waals surface area contributed by atoms with E-state index in [2.05, 4.69) is 4.98 Å². The normalized spacial score (nSPS) is 16.2. The number of carbonyl (C=O) groups is 1. The molecule has 1 aliphatic rings. The Bertz CT molecular complexity index is 1040. The van der Waals surface area contributed by atoms with E-state index in [1.54, 1.807) is 24.4 Å². The second-order valence-corrected chi connectivity index (χ2v) is 7.13. The van der Waals surface area contributed by atoms with Crippen LogP contribution in [0.1, 0.15) is 5.56 Å². The number of fused-ring (bicyclic) bond motifs is 1. The van der Waals surface area contributed by atoms with Crippen LogP contribution in [-0.2, 0) is 4.79 Å². The molecule has 1 amide bonds. The van der Waals surface area contributed by atoms with Crippen molar-refractivity contribution in [2.75, 3.05) is 4.90 Å². The highest BCUT2D eigenvalue weighted by Gasteiger charge is 2.33. The SMILES string of the molecule is O=C1/C(=C/c2ccnc3ccccc23)SC(=S)N1c1cccc(O)c1. The number of aromatic hydroxyl groups is 1. The van der Waals surface area contributed by atoms with E-state index < -0.39 is 0 Å². The standard InChI is InChI=1S/C19H12N2O2S2/c22-14-5-3-4-13(11-14)21-18(23)17(25-19(21)24)10-12-8-9-20-16-7-2-1-6-15(12)16/h1-11,22H/b17-10-. The second-order valence-electron chi connectivity index (χ2n) is 5.45. The molecule has 0 bridgehead atoms. The third-order valence-electron chi connectivity index (χ3n) is 3.85. The summed E-state index contributed by atoms with van der Waals surface area (Å²) in [5, 5.41) is 10.6. The molecule has 25 heavy (non-hydrogen) atoms. The number of rotatable bonds is 2. The molecule has 0 unspecified atom stereocenters. The fourth-order valence-electron chi connectivity index (χ4n) is 2.71. The van der Waals surface area contributed by atoms with E-state index in [0.29, 0.717) is 14.9 Å². The molecule has 0 radical (unpaired) electrons. The van der Waals surface area contributed by atoms with Crippen molar-refractivity contribution in [2.24, 2.45) is 0 Å². The monoisotopic (exact) mass is 364 g/mol. The number of anilines is 1. The largest absolute Gasteiger partial charge is 0.508 e. The Balaban J connectivity index is 1.75. The zero-order chi connectivity index (χ0) is 17.4. The van der Waals surface area contributed by atoms with Crippen molar-refractivity contribution in [3.63, 3.8) is 0 Å². The van der Waals surface area contributed by atoms with Gasteiger partial charge in [0.1, 0.15) is 5.75 Å².